The Kier molecular flexibility index (Phi) is 3.52. The minimum absolute atomic E-state index is 0.387. The lowest BCUT2D eigenvalue weighted by atomic mass is 9.76. The molecule has 0 saturated heterocycles. The van der Waals surface area contributed by atoms with Gasteiger partial charge in [0.05, 0.1) is 17.9 Å². The highest BCUT2D eigenvalue weighted by atomic mass is 15.4. The van der Waals surface area contributed by atoms with E-state index in [1.165, 1.54) is 25.0 Å². The first-order chi connectivity index (χ1) is 8.06. The summed E-state index contributed by atoms with van der Waals surface area (Å²) in [5.41, 5.74) is 1.63. The Morgan fingerprint density at radius 3 is 2.82 bits per heavy atom. The van der Waals surface area contributed by atoms with Crippen molar-refractivity contribution in [3.63, 3.8) is 0 Å². The van der Waals surface area contributed by atoms with Crippen LogP contribution in [0.3, 0.4) is 0 Å². The minimum atomic E-state index is 0.387. The van der Waals surface area contributed by atoms with Crippen LogP contribution in [-0.2, 0) is 7.05 Å². The van der Waals surface area contributed by atoms with Gasteiger partial charge in [0.1, 0.15) is 0 Å². The van der Waals surface area contributed by atoms with Gasteiger partial charge >= 0.3 is 0 Å². The molecule has 1 aliphatic carbocycles. The standard InChI is InChI=1S/C13H24N4/c1-5-14-12(11-9-15-16-17(11)4)10-7-6-8-13(10,2)3/h9-10,12,14H,5-8H2,1-4H3. The monoisotopic (exact) mass is 236 g/mol. The van der Waals surface area contributed by atoms with Gasteiger partial charge in [-0.1, -0.05) is 32.4 Å². The van der Waals surface area contributed by atoms with E-state index in [1.807, 2.05) is 17.9 Å². The Bertz CT molecular complexity index is 369. The van der Waals surface area contributed by atoms with Crippen molar-refractivity contribution in [1.29, 1.82) is 0 Å². The van der Waals surface area contributed by atoms with Gasteiger partial charge in [-0.05, 0) is 30.7 Å². The summed E-state index contributed by atoms with van der Waals surface area (Å²) in [5.74, 6) is 0.680. The Balaban J connectivity index is 2.26. The van der Waals surface area contributed by atoms with Gasteiger partial charge in [-0.15, -0.1) is 5.10 Å². The molecule has 0 spiro atoms. The lowest BCUT2D eigenvalue weighted by molar-refractivity contribution is 0.193. The first kappa shape index (κ1) is 12.6. The lowest BCUT2D eigenvalue weighted by Gasteiger charge is -2.34. The third kappa shape index (κ3) is 2.37. The third-order valence-corrected chi connectivity index (χ3v) is 4.23. The van der Waals surface area contributed by atoms with E-state index in [0.29, 0.717) is 17.4 Å². The lowest BCUT2D eigenvalue weighted by Crippen LogP contribution is -2.35. The molecule has 1 heterocycles. The predicted octanol–water partition coefficient (Wildman–Crippen LogP) is 2.29. The minimum Gasteiger partial charge on any atom is -0.309 e. The number of aromatic nitrogens is 3. The van der Waals surface area contributed by atoms with E-state index in [0.717, 1.165) is 6.54 Å². The van der Waals surface area contributed by atoms with E-state index in [2.05, 4.69) is 36.4 Å². The summed E-state index contributed by atoms with van der Waals surface area (Å²) in [6, 6.07) is 0.387. The molecule has 1 N–H and O–H groups in total. The van der Waals surface area contributed by atoms with E-state index in [9.17, 15) is 0 Å². The van der Waals surface area contributed by atoms with Gasteiger partial charge in [0.2, 0.25) is 0 Å². The number of rotatable bonds is 4. The molecule has 4 nitrogen and oxygen atoms in total. The van der Waals surface area contributed by atoms with Crippen LogP contribution in [0.2, 0.25) is 0 Å². The molecule has 0 amide bonds. The highest BCUT2D eigenvalue weighted by Crippen LogP contribution is 2.48. The quantitative estimate of drug-likeness (QED) is 0.872. The van der Waals surface area contributed by atoms with Gasteiger partial charge in [0.25, 0.3) is 0 Å². The summed E-state index contributed by atoms with van der Waals surface area (Å²) in [6.07, 6.45) is 5.87. The molecule has 1 aromatic heterocycles. The van der Waals surface area contributed by atoms with Crippen LogP contribution >= 0.6 is 0 Å². The molecule has 17 heavy (non-hydrogen) atoms. The second-order valence-corrected chi connectivity index (χ2v) is 5.81. The molecular weight excluding hydrogens is 212 g/mol. The van der Waals surface area contributed by atoms with Gasteiger partial charge < -0.3 is 5.32 Å². The Hall–Kier alpha value is -0.900. The van der Waals surface area contributed by atoms with Crippen molar-refractivity contribution in [2.24, 2.45) is 18.4 Å². The van der Waals surface area contributed by atoms with Crippen molar-refractivity contribution in [1.82, 2.24) is 20.3 Å². The molecule has 1 aliphatic rings. The summed E-state index contributed by atoms with van der Waals surface area (Å²) < 4.78 is 1.90. The maximum atomic E-state index is 4.07. The SMILES string of the molecule is CCNC(c1cnnn1C)C1CCCC1(C)C. The van der Waals surface area contributed by atoms with Crippen LogP contribution in [0.1, 0.15) is 51.8 Å². The maximum Gasteiger partial charge on any atom is 0.0756 e. The normalized spacial score (nSPS) is 25.1. The van der Waals surface area contributed by atoms with E-state index < -0.39 is 0 Å². The third-order valence-electron chi connectivity index (χ3n) is 4.23. The first-order valence-corrected chi connectivity index (χ1v) is 6.64. The number of aryl methyl sites for hydroxylation is 1. The molecule has 2 rings (SSSR count). The average Bonchev–Trinajstić information content (AvgIpc) is 2.81. The topological polar surface area (TPSA) is 42.7 Å². The summed E-state index contributed by atoms with van der Waals surface area (Å²) in [7, 11) is 1.98. The van der Waals surface area contributed by atoms with Crippen LogP contribution in [0.5, 0.6) is 0 Å². The van der Waals surface area contributed by atoms with Crippen molar-refractivity contribution in [2.45, 2.75) is 46.1 Å². The Labute approximate surface area is 104 Å². The number of hydrogen-bond donors (Lipinski definition) is 1. The van der Waals surface area contributed by atoms with Crippen molar-refractivity contribution < 1.29 is 0 Å². The molecule has 1 saturated carbocycles. The smallest absolute Gasteiger partial charge is 0.0756 e. The first-order valence-electron chi connectivity index (χ1n) is 6.64. The highest BCUT2D eigenvalue weighted by molar-refractivity contribution is 5.07. The molecule has 0 radical (unpaired) electrons. The fourth-order valence-corrected chi connectivity index (χ4v) is 3.22. The summed E-state index contributed by atoms with van der Waals surface area (Å²) in [5, 5.41) is 11.7. The van der Waals surface area contributed by atoms with Crippen LogP contribution in [0.4, 0.5) is 0 Å². The molecule has 96 valence electrons. The summed E-state index contributed by atoms with van der Waals surface area (Å²) in [6.45, 7) is 7.93. The molecule has 1 aromatic rings. The van der Waals surface area contributed by atoms with Crippen molar-refractivity contribution in [3.8, 4) is 0 Å². The largest absolute Gasteiger partial charge is 0.309 e. The fraction of sp³-hybridized carbons (Fsp3) is 0.846. The summed E-state index contributed by atoms with van der Waals surface area (Å²) >= 11 is 0. The molecular formula is C13H24N4. The molecule has 0 bridgehead atoms. The van der Waals surface area contributed by atoms with Crippen molar-refractivity contribution in [2.75, 3.05) is 6.54 Å². The zero-order valence-corrected chi connectivity index (χ0v) is 11.4. The molecule has 2 atom stereocenters. The van der Waals surface area contributed by atoms with E-state index >= 15 is 0 Å². The molecule has 0 aromatic carbocycles. The van der Waals surface area contributed by atoms with Gasteiger partial charge in [-0.2, -0.15) is 0 Å². The highest BCUT2D eigenvalue weighted by Gasteiger charge is 2.40. The van der Waals surface area contributed by atoms with E-state index in [-0.39, 0.29) is 0 Å². The summed E-state index contributed by atoms with van der Waals surface area (Å²) in [4.78, 5) is 0. The number of nitrogens with zero attached hydrogens (tertiary/aromatic N) is 3. The Morgan fingerprint density at radius 2 is 2.35 bits per heavy atom. The van der Waals surface area contributed by atoms with Crippen LogP contribution in [0, 0.1) is 11.3 Å². The predicted molar refractivity (Wildman–Crippen MR) is 68.5 cm³/mol. The average molecular weight is 236 g/mol. The van der Waals surface area contributed by atoms with Gasteiger partial charge in [0, 0.05) is 7.05 Å². The van der Waals surface area contributed by atoms with E-state index in [1.54, 1.807) is 0 Å². The van der Waals surface area contributed by atoms with Gasteiger partial charge in [-0.25, -0.2) is 0 Å². The van der Waals surface area contributed by atoms with Crippen molar-refractivity contribution >= 4 is 0 Å². The van der Waals surface area contributed by atoms with Crippen LogP contribution < -0.4 is 5.32 Å². The van der Waals surface area contributed by atoms with Crippen molar-refractivity contribution in [3.05, 3.63) is 11.9 Å². The fourth-order valence-electron chi connectivity index (χ4n) is 3.22. The second kappa shape index (κ2) is 4.77. The number of nitrogens with one attached hydrogen (secondary N) is 1. The second-order valence-electron chi connectivity index (χ2n) is 5.81. The van der Waals surface area contributed by atoms with E-state index in [4.69, 9.17) is 0 Å². The van der Waals surface area contributed by atoms with Crippen LogP contribution in [0.25, 0.3) is 0 Å². The van der Waals surface area contributed by atoms with Crippen LogP contribution in [-0.4, -0.2) is 21.5 Å². The molecule has 2 unspecified atom stereocenters. The zero-order chi connectivity index (χ0) is 12.5. The molecule has 0 aliphatic heterocycles. The van der Waals surface area contributed by atoms with Gasteiger partial charge in [-0.3, -0.25) is 4.68 Å². The van der Waals surface area contributed by atoms with Gasteiger partial charge in [0.15, 0.2) is 0 Å². The maximum absolute atomic E-state index is 4.07. The number of hydrogen-bond acceptors (Lipinski definition) is 3. The zero-order valence-electron chi connectivity index (χ0n) is 11.4. The molecule has 4 heteroatoms. The molecule has 1 fully saturated rings. The Morgan fingerprint density at radius 1 is 1.59 bits per heavy atom. The van der Waals surface area contributed by atoms with Crippen LogP contribution in [0.15, 0.2) is 6.20 Å².